The number of rotatable bonds is 4. The highest BCUT2D eigenvalue weighted by atomic mass is 79.9. The molecule has 1 aliphatic heterocycles. The number of hydrogen-bond acceptors (Lipinski definition) is 3. The normalized spacial score (nSPS) is 23.8. The molecule has 1 fully saturated rings. The van der Waals surface area contributed by atoms with E-state index in [0.29, 0.717) is 19.6 Å². The molecule has 1 aromatic rings. The maximum absolute atomic E-state index is 10.7. The number of ether oxygens (including phenoxy) is 1. The average Bonchev–Trinajstić information content (AvgIpc) is 2.77. The molecule has 0 amide bonds. The number of carbonyl (C=O) groups is 1. The predicted octanol–water partition coefficient (Wildman–Crippen LogP) is 1.78. The van der Waals surface area contributed by atoms with Crippen molar-refractivity contribution in [3.8, 4) is 0 Å². The largest absolute Gasteiger partial charge is 0.480 e. The molecule has 4 nitrogen and oxygen atoms in total. The summed E-state index contributed by atoms with van der Waals surface area (Å²) in [5.41, 5.74) is 1.09. The molecule has 0 aromatic heterocycles. The number of aliphatic carboxylic acids is 1. The topological polar surface area (TPSA) is 58.6 Å². The lowest BCUT2D eigenvalue weighted by Gasteiger charge is -2.10. The van der Waals surface area contributed by atoms with Gasteiger partial charge in [-0.05, 0) is 17.7 Å². The second kappa shape index (κ2) is 5.62. The molecule has 0 spiro atoms. The fourth-order valence-corrected chi connectivity index (χ4v) is 2.08. The third-order valence-electron chi connectivity index (χ3n) is 2.79. The fraction of sp³-hybridized carbons (Fsp3) is 0.417. The summed E-state index contributed by atoms with van der Waals surface area (Å²) in [4.78, 5) is 10.7. The Morgan fingerprint density at radius 1 is 1.47 bits per heavy atom. The first-order chi connectivity index (χ1) is 8.15. The van der Waals surface area contributed by atoms with Crippen LogP contribution in [-0.4, -0.2) is 29.8 Å². The Morgan fingerprint density at radius 2 is 2.18 bits per heavy atom. The van der Waals surface area contributed by atoms with Gasteiger partial charge < -0.3 is 15.2 Å². The first-order valence-electron chi connectivity index (χ1n) is 5.47. The fourth-order valence-electron chi connectivity index (χ4n) is 1.81. The van der Waals surface area contributed by atoms with Crippen LogP contribution in [0.4, 0.5) is 0 Å². The van der Waals surface area contributed by atoms with Gasteiger partial charge in [-0.2, -0.15) is 0 Å². The molecular formula is C12H14BrNO3. The number of nitrogens with one attached hydrogen (secondary N) is 1. The van der Waals surface area contributed by atoms with Crippen molar-refractivity contribution in [2.45, 2.75) is 25.2 Å². The van der Waals surface area contributed by atoms with Gasteiger partial charge in [-0.15, -0.1) is 0 Å². The molecule has 1 aliphatic rings. The molecule has 2 unspecified atom stereocenters. The molecule has 92 valence electrons. The number of benzene rings is 1. The lowest BCUT2D eigenvalue weighted by molar-refractivity contribution is -0.139. The van der Waals surface area contributed by atoms with Crippen molar-refractivity contribution in [1.82, 2.24) is 5.32 Å². The first kappa shape index (κ1) is 12.5. The zero-order valence-corrected chi connectivity index (χ0v) is 10.8. The Morgan fingerprint density at radius 3 is 2.76 bits per heavy atom. The maximum atomic E-state index is 10.7. The van der Waals surface area contributed by atoms with Crippen LogP contribution in [0.1, 0.15) is 12.0 Å². The molecule has 2 rings (SSSR count). The molecule has 0 bridgehead atoms. The number of halogens is 1. The summed E-state index contributed by atoms with van der Waals surface area (Å²) in [5, 5.41) is 11.7. The summed E-state index contributed by atoms with van der Waals surface area (Å²) in [6.45, 7) is 1.12. The van der Waals surface area contributed by atoms with Crippen LogP contribution in [0.15, 0.2) is 28.7 Å². The van der Waals surface area contributed by atoms with Gasteiger partial charge in [0.1, 0.15) is 6.04 Å². The molecule has 1 heterocycles. The van der Waals surface area contributed by atoms with Gasteiger partial charge in [0.15, 0.2) is 0 Å². The van der Waals surface area contributed by atoms with Gasteiger partial charge in [0.05, 0.1) is 12.7 Å². The van der Waals surface area contributed by atoms with E-state index in [1.807, 2.05) is 24.3 Å². The third kappa shape index (κ3) is 3.52. The van der Waals surface area contributed by atoms with Gasteiger partial charge in [0.25, 0.3) is 0 Å². The lowest BCUT2D eigenvalue weighted by Crippen LogP contribution is -2.29. The summed E-state index contributed by atoms with van der Waals surface area (Å²) in [6.07, 6.45) is 0.519. The third-order valence-corrected chi connectivity index (χ3v) is 3.32. The van der Waals surface area contributed by atoms with E-state index < -0.39 is 12.0 Å². The van der Waals surface area contributed by atoms with Crippen LogP contribution in [0.2, 0.25) is 0 Å². The summed E-state index contributed by atoms with van der Waals surface area (Å²) in [7, 11) is 0. The van der Waals surface area contributed by atoms with Crippen LogP contribution in [0, 0.1) is 0 Å². The molecule has 1 saturated heterocycles. The van der Waals surface area contributed by atoms with Crippen LogP contribution in [0.5, 0.6) is 0 Å². The van der Waals surface area contributed by atoms with Gasteiger partial charge in [0, 0.05) is 17.4 Å². The smallest absolute Gasteiger partial charge is 0.320 e. The predicted molar refractivity (Wildman–Crippen MR) is 66.8 cm³/mol. The summed E-state index contributed by atoms with van der Waals surface area (Å²) >= 11 is 3.37. The van der Waals surface area contributed by atoms with Crippen molar-refractivity contribution >= 4 is 21.9 Å². The monoisotopic (exact) mass is 299 g/mol. The first-order valence-corrected chi connectivity index (χ1v) is 6.26. The van der Waals surface area contributed by atoms with Crippen LogP contribution >= 0.6 is 15.9 Å². The zero-order valence-electron chi connectivity index (χ0n) is 9.23. The van der Waals surface area contributed by atoms with Crippen LogP contribution in [-0.2, 0) is 16.1 Å². The highest BCUT2D eigenvalue weighted by Gasteiger charge is 2.29. The Kier molecular flexibility index (Phi) is 4.15. The molecule has 2 atom stereocenters. The molecular weight excluding hydrogens is 286 g/mol. The van der Waals surface area contributed by atoms with E-state index >= 15 is 0 Å². The Hall–Kier alpha value is -0.910. The van der Waals surface area contributed by atoms with E-state index in [0.717, 1.165) is 10.0 Å². The van der Waals surface area contributed by atoms with Gasteiger partial charge in [-0.1, -0.05) is 28.1 Å². The molecule has 0 saturated carbocycles. The van der Waals surface area contributed by atoms with Crippen molar-refractivity contribution in [1.29, 1.82) is 0 Å². The summed E-state index contributed by atoms with van der Waals surface area (Å²) in [6, 6.07) is 7.43. The number of hydrogen-bond donors (Lipinski definition) is 2. The minimum Gasteiger partial charge on any atom is -0.480 e. The van der Waals surface area contributed by atoms with Gasteiger partial charge in [0.2, 0.25) is 0 Å². The lowest BCUT2D eigenvalue weighted by atomic mass is 10.2. The van der Waals surface area contributed by atoms with E-state index in [1.165, 1.54) is 0 Å². The van der Waals surface area contributed by atoms with Gasteiger partial charge >= 0.3 is 5.97 Å². The summed E-state index contributed by atoms with van der Waals surface area (Å²) in [5.74, 6) is -0.806. The molecule has 0 radical (unpaired) electrons. The van der Waals surface area contributed by atoms with E-state index in [2.05, 4.69) is 21.2 Å². The molecule has 0 aliphatic carbocycles. The zero-order chi connectivity index (χ0) is 12.3. The molecule has 2 N–H and O–H groups in total. The van der Waals surface area contributed by atoms with E-state index in [4.69, 9.17) is 9.84 Å². The minimum atomic E-state index is -0.806. The van der Waals surface area contributed by atoms with E-state index in [9.17, 15) is 4.79 Å². The standard InChI is InChI=1S/C12H14BrNO3/c13-9-3-1-8(2-4-9)7-17-10-5-11(12(15)16)14-6-10/h1-4,10-11,14H,5-7H2,(H,15,16). The van der Waals surface area contributed by atoms with Crippen LogP contribution < -0.4 is 5.32 Å². The second-order valence-electron chi connectivity index (χ2n) is 4.09. The van der Waals surface area contributed by atoms with Crippen molar-refractivity contribution in [3.63, 3.8) is 0 Å². The van der Waals surface area contributed by atoms with Crippen molar-refractivity contribution in [3.05, 3.63) is 34.3 Å². The number of carboxylic acid groups (broad SMARTS) is 1. The molecule has 5 heteroatoms. The Balaban J connectivity index is 1.80. The van der Waals surface area contributed by atoms with E-state index in [1.54, 1.807) is 0 Å². The minimum absolute atomic E-state index is 0.0141. The van der Waals surface area contributed by atoms with Crippen molar-refractivity contribution < 1.29 is 14.6 Å². The highest BCUT2D eigenvalue weighted by Crippen LogP contribution is 2.15. The summed E-state index contributed by atoms with van der Waals surface area (Å²) < 4.78 is 6.70. The van der Waals surface area contributed by atoms with Gasteiger partial charge in [-0.25, -0.2) is 0 Å². The van der Waals surface area contributed by atoms with Crippen LogP contribution in [0.3, 0.4) is 0 Å². The highest BCUT2D eigenvalue weighted by molar-refractivity contribution is 9.10. The molecule has 1 aromatic carbocycles. The quantitative estimate of drug-likeness (QED) is 0.890. The number of carboxylic acids is 1. The van der Waals surface area contributed by atoms with E-state index in [-0.39, 0.29) is 6.10 Å². The Bertz CT molecular complexity index is 393. The Labute approximate surface area is 108 Å². The van der Waals surface area contributed by atoms with Gasteiger partial charge in [-0.3, -0.25) is 4.79 Å². The van der Waals surface area contributed by atoms with Crippen molar-refractivity contribution in [2.75, 3.05) is 6.54 Å². The SMILES string of the molecule is O=C(O)C1CC(OCc2ccc(Br)cc2)CN1. The molecule has 17 heavy (non-hydrogen) atoms. The van der Waals surface area contributed by atoms with Crippen molar-refractivity contribution in [2.24, 2.45) is 0 Å². The second-order valence-corrected chi connectivity index (χ2v) is 5.01. The van der Waals surface area contributed by atoms with Crippen LogP contribution in [0.25, 0.3) is 0 Å². The maximum Gasteiger partial charge on any atom is 0.320 e. The average molecular weight is 300 g/mol.